The lowest BCUT2D eigenvalue weighted by Crippen LogP contribution is -2.45. The van der Waals surface area contributed by atoms with Crippen LogP contribution in [0.5, 0.6) is 0 Å². The number of amides is 1. The average Bonchev–Trinajstić information content (AvgIpc) is 2.37. The van der Waals surface area contributed by atoms with Crippen molar-refractivity contribution in [3.8, 4) is 0 Å². The van der Waals surface area contributed by atoms with Crippen LogP contribution >= 0.6 is 15.9 Å². The summed E-state index contributed by atoms with van der Waals surface area (Å²) < 4.78 is 1.00. The number of hydrogen-bond acceptors (Lipinski definition) is 2. The average molecular weight is 325 g/mol. The predicted octanol–water partition coefficient (Wildman–Crippen LogP) is 2.88. The van der Waals surface area contributed by atoms with Gasteiger partial charge in [-0.3, -0.25) is 4.79 Å². The highest BCUT2D eigenvalue weighted by Gasteiger charge is 2.27. The first-order valence-corrected chi connectivity index (χ1v) is 7.55. The van der Waals surface area contributed by atoms with Crippen LogP contribution < -0.4 is 10.6 Å². The lowest BCUT2D eigenvalue weighted by molar-refractivity contribution is 0.0924. The Morgan fingerprint density at radius 2 is 2.32 bits per heavy atom. The standard InChI is InChI=1S/C15H21BrN2O/c1-11-8-12(16)4-5-13(11)14(19)18-10-15(2)6-3-7-17-9-15/h4-5,8,17H,3,6-7,9-10H2,1-2H3,(H,18,19). The number of aryl methyl sites for hydroxylation is 1. The molecule has 0 spiro atoms. The molecule has 0 bridgehead atoms. The summed E-state index contributed by atoms with van der Waals surface area (Å²) in [6.07, 6.45) is 2.35. The van der Waals surface area contributed by atoms with E-state index >= 15 is 0 Å². The van der Waals surface area contributed by atoms with Gasteiger partial charge in [0, 0.05) is 23.1 Å². The van der Waals surface area contributed by atoms with Gasteiger partial charge in [-0.05, 0) is 55.5 Å². The van der Waals surface area contributed by atoms with E-state index in [0.29, 0.717) is 0 Å². The van der Waals surface area contributed by atoms with Crippen molar-refractivity contribution in [3.63, 3.8) is 0 Å². The van der Waals surface area contributed by atoms with Crippen LogP contribution in [0.15, 0.2) is 22.7 Å². The molecule has 3 nitrogen and oxygen atoms in total. The Bertz CT molecular complexity index is 467. The fourth-order valence-electron chi connectivity index (χ4n) is 2.54. The molecule has 1 heterocycles. The van der Waals surface area contributed by atoms with E-state index in [1.165, 1.54) is 12.8 Å². The maximum atomic E-state index is 12.2. The van der Waals surface area contributed by atoms with Gasteiger partial charge in [-0.1, -0.05) is 22.9 Å². The molecule has 1 atom stereocenters. The van der Waals surface area contributed by atoms with Crippen LogP contribution in [0.4, 0.5) is 0 Å². The fourth-order valence-corrected chi connectivity index (χ4v) is 3.02. The van der Waals surface area contributed by atoms with Crippen LogP contribution in [-0.4, -0.2) is 25.5 Å². The molecule has 19 heavy (non-hydrogen) atoms. The van der Waals surface area contributed by atoms with Crippen LogP contribution in [0.3, 0.4) is 0 Å². The fraction of sp³-hybridized carbons (Fsp3) is 0.533. The quantitative estimate of drug-likeness (QED) is 0.897. The van der Waals surface area contributed by atoms with Crippen molar-refractivity contribution in [3.05, 3.63) is 33.8 Å². The molecule has 1 saturated heterocycles. The summed E-state index contributed by atoms with van der Waals surface area (Å²) in [5.74, 6) is 0.0248. The first-order valence-electron chi connectivity index (χ1n) is 6.75. The Hall–Kier alpha value is -0.870. The summed E-state index contributed by atoms with van der Waals surface area (Å²) in [4.78, 5) is 12.2. The molecule has 2 N–H and O–H groups in total. The lowest BCUT2D eigenvalue weighted by atomic mass is 9.83. The van der Waals surface area contributed by atoms with Crippen molar-refractivity contribution in [1.29, 1.82) is 0 Å². The molecular formula is C15H21BrN2O. The van der Waals surface area contributed by atoms with Crippen molar-refractivity contribution in [2.75, 3.05) is 19.6 Å². The van der Waals surface area contributed by atoms with Crippen LogP contribution in [0.1, 0.15) is 35.7 Å². The zero-order chi connectivity index (χ0) is 13.9. The normalized spacial score (nSPS) is 23.1. The van der Waals surface area contributed by atoms with Crippen LogP contribution in [0.2, 0.25) is 0 Å². The van der Waals surface area contributed by atoms with Gasteiger partial charge in [0.1, 0.15) is 0 Å². The topological polar surface area (TPSA) is 41.1 Å². The van der Waals surface area contributed by atoms with Crippen LogP contribution in [-0.2, 0) is 0 Å². The van der Waals surface area contributed by atoms with E-state index in [-0.39, 0.29) is 11.3 Å². The Labute approximate surface area is 123 Å². The number of piperidine rings is 1. The van der Waals surface area contributed by atoms with E-state index in [1.54, 1.807) is 0 Å². The molecule has 2 rings (SSSR count). The second-order valence-electron chi connectivity index (χ2n) is 5.73. The molecule has 1 aromatic carbocycles. The highest BCUT2D eigenvalue weighted by molar-refractivity contribution is 9.10. The highest BCUT2D eigenvalue weighted by atomic mass is 79.9. The van der Waals surface area contributed by atoms with E-state index in [9.17, 15) is 4.79 Å². The zero-order valence-electron chi connectivity index (χ0n) is 11.6. The molecule has 0 saturated carbocycles. The van der Waals surface area contributed by atoms with Gasteiger partial charge in [-0.25, -0.2) is 0 Å². The second kappa shape index (κ2) is 6.06. The minimum Gasteiger partial charge on any atom is -0.351 e. The highest BCUT2D eigenvalue weighted by Crippen LogP contribution is 2.24. The van der Waals surface area contributed by atoms with Gasteiger partial charge < -0.3 is 10.6 Å². The first-order chi connectivity index (χ1) is 9.00. The lowest BCUT2D eigenvalue weighted by Gasteiger charge is -2.34. The molecule has 1 amide bonds. The first kappa shape index (κ1) is 14.5. The molecule has 1 aliphatic rings. The number of rotatable bonds is 3. The second-order valence-corrected chi connectivity index (χ2v) is 6.65. The molecule has 1 unspecified atom stereocenters. The Morgan fingerprint density at radius 1 is 1.53 bits per heavy atom. The SMILES string of the molecule is Cc1cc(Br)ccc1C(=O)NCC1(C)CCCNC1. The van der Waals surface area contributed by atoms with E-state index in [2.05, 4.69) is 33.5 Å². The molecule has 0 radical (unpaired) electrons. The van der Waals surface area contributed by atoms with Gasteiger partial charge in [0.25, 0.3) is 5.91 Å². The number of halogens is 1. The number of carbonyl (C=O) groups is 1. The Morgan fingerprint density at radius 3 is 2.95 bits per heavy atom. The number of hydrogen-bond donors (Lipinski definition) is 2. The van der Waals surface area contributed by atoms with E-state index in [1.807, 2.05) is 25.1 Å². The van der Waals surface area contributed by atoms with Crippen molar-refractivity contribution < 1.29 is 4.79 Å². The molecular weight excluding hydrogens is 304 g/mol. The number of nitrogens with one attached hydrogen (secondary N) is 2. The summed E-state index contributed by atoms with van der Waals surface area (Å²) in [6, 6.07) is 5.75. The van der Waals surface area contributed by atoms with Gasteiger partial charge in [-0.2, -0.15) is 0 Å². The molecule has 1 aromatic rings. The van der Waals surface area contributed by atoms with Gasteiger partial charge >= 0.3 is 0 Å². The molecule has 0 aromatic heterocycles. The van der Waals surface area contributed by atoms with Crippen molar-refractivity contribution in [2.24, 2.45) is 5.41 Å². The number of benzene rings is 1. The van der Waals surface area contributed by atoms with Crippen LogP contribution in [0.25, 0.3) is 0 Å². The van der Waals surface area contributed by atoms with Gasteiger partial charge in [-0.15, -0.1) is 0 Å². The van der Waals surface area contributed by atoms with Gasteiger partial charge in [0.15, 0.2) is 0 Å². The summed E-state index contributed by atoms with van der Waals surface area (Å²) >= 11 is 3.42. The zero-order valence-corrected chi connectivity index (χ0v) is 13.1. The summed E-state index contributed by atoms with van der Waals surface area (Å²) in [6.45, 7) is 6.99. The van der Waals surface area contributed by atoms with Gasteiger partial charge in [0.05, 0.1) is 0 Å². The van der Waals surface area contributed by atoms with Gasteiger partial charge in [0.2, 0.25) is 0 Å². The third-order valence-electron chi connectivity index (χ3n) is 3.79. The van der Waals surface area contributed by atoms with Crippen molar-refractivity contribution in [1.82, 2.24) is 10.6 Å². The summed E-state index contributed by atoms with van der Waals surface area (Å²) in [7, 11) is 0. The van der Waals surface area contributed by atoms with E-state index in [0.717, 1.165) is 35.2 Å². The Kier molecular flexibility index (Phi) is 4.63. The summed E-state index contributed by atoms with van der Waals surface area (Å²) in [5, 5.41) is 6.48. The maximum Gasteiger partial charge on any atom is 0.251 e. The molecule has 1 aliphatic heterocycles. The summed E-state index contributed by atoms with van der Waals surface area (Å²) in [5.41, 5.74) is 1.94. The molecule has 1 fully saturated rings. The van der Waals surface area contributed by atoms with Crippen LogP contribution in [0, 0.1) is 12.3 Å². The smallest absolute Gasteiger partial charge is 0.251 e. The van der Waals surface area contributed by atoms with Crippen molar-refractivity contribution in [2.45, 2.75) is 26.7 Å². The third-order valence-corrected chi connectivity index (χ3v) is 4.29. The molecule has 104 valence electrons. The predicted molar refractivity (Wildman–Crippen MR) is 81.4 cm³/mol. The minimum atomic E-state index is 0.0248. The Balaban J connectivity index is 1.97. The molecule has 4 heteroatoms. The molecule has 0 aliphatic carbocycles. The number of carbonyl (C=O) groups excluding carboxylic acids is 1. The third kappa shape index (κ3) is 3.80. The van der Waals surface area contributed by atoms with Crippen molar-refractivity contribution >= 4 is 21.8 Å². The van der Waals surface area contributed by atoms with E-state index in [4.69, 9.17) is 0 Å². The largest absolute Gasteiger partial charge is 0.351 e. The monoisotopic (exact) mass is 324 g/mol. The maximum absolute atomic E-state index is 12.2. The van der Waals surface area contributed by atoms with E-state index < -0.39 is 0 Å². The minimum absolute atomic E-state index is 0.0248.